The molecule has 13 nitrogen and oxygen atoms in total. The van der Waals surface area contributed by atoms with Gasteiger partial charge in [-0.05, 0) is 48.5 Å². The SMILES string of the molecule is C=C[C@]1(C)C[C@@H](OC(=O)CN/C=C(\N=N)c2ccc(Cn3cnc4c(N5CCNCC5)ncnc43)cc2)[C@]2(C)C(C)CC[C@]3(CCC(=O)[C@H]32)[C@@H](C)[C@@H]1O. The monoisotopic (exact) mass is 723 g/mol. The third-order valence-electron chi connectivity index (χ3n) is 13.6. The van der Waals surface area contributed by atoms with Gasteiger partial charge in [0.25, 0.3) is 0 Å². The molecule has 3 aliphatic carbocycles. The lowest BCUT2D eigenvalue weighted by molar-refractivity contribution is -0.206. The third kappa shape index (κ3) is 6.35. The number of hydrogen-bond acceptors (Lipinski definition) is 12. The number of ketones is 1. The van der Waals surface area contributed by atoms with Gasteiger partial charge in [-0.2, -0.15) is 5.11 Å². The number of esters is 1. The van der Waals surface area contributed by atoms with Crippen LogP contribution in [0.3, 0.4) is 0 Å². The van der Waals surface area contributed by atoms with Crippen LogP contribution in [0, 0.1) is 39.5 Å². The van der Waals surface area contributed by atoms with E-state index < -0.39 is 29.0 Å². The van der Waals surface area contributed by atoms with Crippen LogP contribution in [0.25, 0.3) is 16.9 Å². The summed E-state index contributed by atoms with van der Waals surface area (Å²) in [7, 11) is 0. The fraction of sp³-hybridized carbons (Fsp3) is 0.575. The van der Waals surface area contributed by atoms with Gasteiger partial charge in [0, 0.05) is 61.1 Å². The van der Waals surface area contributed by atoms with Crippen molar-refractivity contribution in [2.75, 3.05) is 37.6 Å². The number of carbonyl (C=O) groups is 2. The molecule has 3 aromatic rings. The van der Waals surface area contributed by atoms with Crippen molar-refractivity contribution >= 4 is 34.4 Å². The van der Waals surface area contributed by atoms with Crippen LogP contribution in [0.5, 0.6) is 0 Å². The largest absolute Gasteiger partial charge is 0.460 e. The van der Waals surface area contributed by atoms with Crippen molar-refractivity contribution in [2.24, 2.45) is 39.1 Å². The molecule has 2 aromatic heterocycles. The summed E-state index contributed by atoms with van der Waals surface area (Å²) in [5.41, 5.74) is 9.91. The number of Topliss-reactive ketones (excluding diaryl/α,β-unsaturated/α-hetero) is 1. The number of ether oxygens (including phenoxy) is 1. The molecular formula is C40H53N9O4. The number of aliphatic hydroxyl groups is 1. The Kier molecular flexibility index (Phi) is 10.0. The normalized spacial score (nSPS) is 33.2. The predicted octanol–water partition coefficient (Wildman–Crippen LogP) is 5.11. The second-order valence-electron chi connectivity index (χ2n) is 16.3. The number of nitrogens with zero attached hydrogens (tertiary/aromatic N) is 6. The van der Waals surface area contributed by atoms with Crippen LogP contribution in [0.1, 0.15) is 70.9 Å². The second-order valence-corrected chi connectivity index (χ2v) is 16.3. The average molecular weight is 724 g/mol. The van der Waals surface area contributed by atoms with Crippen LogP contribution in [-0.2, 0) is 20.9 Å². The molecular weight excluding hydrogens is 670 g/mol. The third-order valence-corrected chi connectivity index (χ3v) is 13.6. The summed E-state index contributed by atoms with van der Waals surface area (Å²) in [6, 6.07) is 7.74. The van der Waals surface area contributed by atoms with E-state index in [2.05, 4.69) is 62.9 Å². The van der Waals surface area contributed by atoms with Gasteiger partial charge in [-0.3, -0.25) is 9.59 Å². The Bertz CT molecular complexity index is 1900. The average Bonchev–Trinajstić information content (AvgIpc) is 3.75. The molecule has 4 N–H and O–H groups in total. The lowest BCUT2D eigenvalue weighted by Crippen LogP contribution is -2.63. The van der Waals surface area contributed by atoms with E-state index in [9.17, 15) is 14.7 Å². The fourth-order valence-corrected chi connectivity index (χ4v) is 10.2. The van der Waals surface area contributed by atoms with E-state index in [1.807, 2.05) is 35.8 Å². The predicted molar refractivity (Wildman–Crippen MR) is 202 cm³/mol. The number of aromatic nitrogens is 4. The van der Waals surface area contributed by atoms with Crippen LogP contribution in [0.4, 0.5) is 5.82 Å². The number of fused-ring (bicyclic) bond motifs is 1. The highest BCUT2D eigenvalue weighted by atomic mass is 16.5. The van der Waals surface area contributed by atoms with Gasteiger partial charge < -0.3 is 29.9 Å². The molecule has 13 heteroatoms. The number of benzene rings is 1. The molecule has 0 spiro atoms. The Morgan fingerprint density at radius 3 is 2.64 bits per heavy atom. The second kappa shape index (κ2) is 14.4. The van der Waals surface area contributed by atoms with Gasteiger partial charge in [-0.1, -0.05) is 58.0 Å². The molecule has 3 saturated carbocycles. The maximum absolute atomic E-state index is 13.7. The zero-order valence-corrected chi connectivity index (χ0v) is 31.3. The van der Waals surface area contributed by atoms with Crippen molar-refractivity contribution in [3.63, 3.8) is 0 Å². The Labute approximate surface area is 311 Å². The smallest absolute Gasteiger partial charge is 0.325 e. The molecule has 0 radical (unpaired) electrons. The number of nitrogens with one attached hydrogen (secondary N) is 3. The summed E-state index contributed by atoms with van der Waals surface area (Å²) in [5, 5.41) is 21.9. The van der Waals surface area contributed by atoms with E-state index in [4.69, 9.17) is 10.3 Å². The molecule has 2 bridgehead atoms. The zero-order chi connectivity index (χ0) is 37.5. The van der Waals surface area contributed by atoms with Crippen molar-refractivity contribution in [2.45, 2.75) is 78.6 Å². The van der Waals surface area contributed by atoms with Gasteiger partial charge in [0.1, 0.15) is 30.5 Å². The first-order valence-electron chi connectivity index (χ1n) is 19.0. The number of aliphatic hydroxyl groups excluding tert-OH is 1. The van der Waals surface area contributed by atoms with E-state index in [-0.39, 0.29) is 35.5 Å². The molecule has 1 saturated heterocycles. The number of imidazole rings is 1. The van der Waals surface area contributed by atoms with Crippen molar-refractivity contribution in [1.82, 2.24) is 30.2 Å². The first kappa shape index (κ1) is 36.9. The summed E-state index contributed by atoms with van der Waals surface area (Å²) >= 11 is 0. The molecule has 53 heavy (non-hydrogen) atoms. The standard InChI is InChI=1S/C40H53N9O4/c1-6-38(4)19-31(39(5)25(2)11-13-40(26(3)35(38)52)14-12-30(50)34(39)40)53-32(51)21-43-20-29(47-41)28-9-7-27(8-10-28)22-49-24-46-33-36(44-23-45-37(33)49)48-17-15-42-16-18-48/h6-10,20,23-26,31,34-35,41-43,52H,1,11-19,21-22H2,2-5H3/b29-20-,47-41?/t25?,26-,31+,34-,35-,38+,39-,40-/m0/s1. The maximum Gasteiger partial charge on any atom is 0.325 e. The van der Waals surface area contributed by atoms with Gasteiger partial charge in [0.2, 0.25) is 0 Å². The lowest BCUT2D eigenvalue weighted by atomic mass is 9.44. The molecule has 8 atom stereocenters. The number of hydrogen-bond donors (Lipinski definition) is 4. The van der Waals surface area contributed by atoms with Gasteiger partial charge >= 0.3 is 5.97 Å². The molecule has 7 rings (SSSR count). The highest BCUT2D eigenvalue weighted by Gasteiger charge is 2.68. The Morgan fingerprint density at radius 2 is 1.92 bits per heavy atom. The van der Waals surface area contributed by atoms with Crippen molar-refractivity contribution in [3.05, 3.63) is 66.9 Å². The minimum absolute atomic E-state index is 0.0886. The van der Waals surface area contributed by atoms with Crippen LogP contribution in [0.2, 0.25) is 0 Å². The van der Waals surface area contributed by atoms with Crippen molar-refractivity contribution in [3.8, 4) is 0 Å². The Morgan fingerprint density at radius 1 is 1.17 bits per heavy atom. The van der Waals surface area contributed by atoms with Gasteiger partial charge in [-0.15, -0.1) is 6.58 Å². The van der Waals surface area contributed by atoms with E-state index in [0.717, 1.165) is 68.0 Å². The van der Waals surface area contributed by atoms with Crippen molar-refractivity contribution in [1.29, 1.82) is 5.53 Å². The molecule has 0 amide bonds. The fourth-order valence-electron chi connectivity index (χ4n) is 10.2. The molecule has 1 unspecified atom stereocenters. The van der Waals surface area contributed by atoms with E-state index in [1.54, 1.807) is 24.9 Å². The summed E-state index contributed by atoms with van der Waals surface area (Å²) in [5.74, 6) is 0.391. The zero-order valence-electron chi connectivity index (χ0n) is 31.3. The molecule has 282 valence electrons. The molecule has 4 aliphatic rings. The highest BCUT2D eigenvalue weighted by Crippen LogP contribution is 2.68. The Hall–Kier alpha value is -4.49. The molecule has 4 fully saturated rings. The number of rotatable bonds is 10. The lowest BCUT2D eigenvalue weighted by Gasteiger charge is -2.61. The number of anilines is 1. The van der Waals surface area contributed by atoms with Crippen LogP contribution >= 0.6 is 0 Å². The minimum Gasteiger partial charge on any atom is -0.460 e. The van der Waals surface area contributed by atoms with E-state index >= 15 is 0 Å². The van der Waals surface area contributed by atoms with E-state index in [1.165, 1.54) is 0 Å². The Balaban J connectivity index is 1.03. The number of piperazine rings is 1. The minimum atomic E-state index is -0.718. The van der Waals surface area contributed by atoms with Gasteiger partial charge in [0.05, 0.1) is 19.0 Å². The van der Waals surface area contributed by atoms with Crippen LogP contribution in [0.15, 0.2) is 60.9 Å². The molecule has 1 aliphatic heterocycles. The van der Waals surface area contributed by atoms with Gasteiger partial charge in [0.15, 0.2) is 17.0 Å². The first-order valence-corrected chi connectivity index (χ1v) is 19.0. The number of carbonyl (C=O) groups excluding carboxylic acids is 2. The quantitative estimate of drug-likeness (QED) is 0.125. The summed E-state index contributed by atoms with van der Waals surface area (Å²) in [6.45, 7) is 16.5. The van der Waals surface area contributed by atoms with Crippen LogP contribution < -0.4 is 15.5 Å². The topological polar surface area (TPSA) is 171 Å². The van der Waals surface area contributed by atoms with E-state index in [0.29, 0.717) is 30.6 Å². The molecule has 1 aromatic carbocycles. The van der Waals surface area contributed by atoms with Gasteiger partial charge in [-0.25, -0.2) is 20.5 Å². The first-order chi connectivity index (χ1) is 25.4. The van der Waals surface area contributed by atoms with Crippen molar-refractivity contribution < 1.29 is 19.4 Å². The highest BCUT2D eigenvalue weighted by molar-refractivity contribution is 5.86. The summed E-state index contributed by atoms with van der Waals surface area (Å²) < 4.78 is 8.34. The van der Waals surface area contributed by atoms with Crippen LogP contribution in [-0.4, -0.2) is 81.3 Å². The summed E-state index contributed by atoms with van der Waals surface area (Å²) in [4.78, 5) is 43.2. The summed E-state index contributed by atoms with van der Waals surface area (Å²) in [6.07, 6.45) is 8.85. The maximum atomic E-state index is 13.7. The molecule has 3 heterocycles.